The summed E-state index contributed by atoms with van der Waals surface area (Å²) in [7, 11) is 1.47. The molecule has 0 unspecified atom stereocenters. The highest BCUT2D eigenvalue weighted by atomic mass is 32.1. The van der Waals surface area contributed by atoms with Crippen LogP contribution >= 0.6 is 11.3 Å². The van der Waals surface area contributed by atoms with Crippen molar-refractivity contribution < 1.29 is 14.8 Å². The minimum atomic E-state index is -0.504. The van der Waals surface area contributed by atoms with Gasteiger partial charge in [-0.1, -0.05) is 53.8 Å². The van der Waals surface area contributed by atoms with E-state index in [1.54, 1.807) is 34.9 Å². The molecule has 0 spiro atoms. The number of hydrogen-bond acceptors (Lipinski definition) is 7. The van der Waals surface area contributed by atoms with Gasteiger partial charge in [0, 0.05) is 17.7 Å². The molecule has 1 N–H and O–H groups in total. The molecule has 3 aromatic carbocycles. The van der Waals surface area contributed by atoms with E-state index in [1.807, 2.05) is 24.3 Å². The Bertz CT molecular complexity index is 1800. The second-order valence-electron chi connectivity index (χ2n) is 8.90. The molecule has 37 heavy (non-hydrogen) atoms. The second kappa shape index (κ2) is 8.86. The van der Waals surface area contributed by atoms with Crippen LogP contribution in [0.15, 0.2) is 82.1 Å². The van der Waals surface area contributed by atoms with Crippen LogP contribution in [0.25, 0.3) is 11.8 Å². The Morgan fingerprint density at radius 2 is 1.97 bits per heavy atom. The minimum absolute atomic E-state index is 0.0122. The number of benzene rings is 3. The van der Waals surface area contributed by atoms with Gasteiger partial charge < -0.3 is 9.84 Å². The first-order chi connectivity index (χ1) is 17.9. The number of nitro groups is 1. The number of nitro benzene ring substituents is 1. The highest BCUT2D eigenvalue weighted by molar-refractivity contribution is 7.07. The Kier molecular flexibility index (Phi) is 5.49. The van der Waals surface area contributed by atoms with E-state index in [1.165, 1.54) is 36.1 Å². The molecule has 0 saturated heterocycles. The zero-order valence-corrected chi connectivity index (χ0v) is 20.6. The first kappa shape index (κ1) is 22.9. The third-order valence-corrected chi connectivity index (χ3v) is 7.75. The number of ether oxygens (including phenoxy) is 1. The third kappa shape index (κ3) is 3.84. The van der Waals surface area contributed by atoms with Crippen molar-refractivity contribution in [2.24, 2.45) is 4.99 Å². The Morgan fingerprint density at radius 1 is 1.14 bits per heavy atom. The van der Waals surface area contributed by atoms with Crippen molar-refractivity contribution in [3.8, 4) is 11.5 Å². The number of hydrogen-bond donors (Lipinski definition) is 1. The summed E-state index contributed by atoms with van der Waals surface area (Å²) >= 11 is 1.27. The van der Waals surface area contributed by atoms with Gasteiger partial charge in [-0.3, -0.25) is 19.5 Å². The molecule has 8 nitrogen and oxygen atoms in total. The van der Waals surface area contributed by atoms with Crippen molar-refractivity contribution >= 4 is 28.8 Å². The van der Waals surface area contributed by atoms with E-state index in [4.69, 9.17) is 9.73 Å². The molecule has 2 heterocycles. The lowest BCUT2D eigenvalue weighted by molar-refractivity contribution is -0.384. The van der Waals surface area contributed by atoms with Crippen LogP contribution < -0.4 is 19.6 Å². The Labute approximate surface area is 214 Å². The normalized spacial score (nSPS) is 16.5. The van der Waals surface area contributed by atoms with Crippen molar-refractivity contribution in [1.29, 1.82) is 0 Å². The Balaban J connectivity index is 1.61. The standard InChI is InChI=1S/C28H21N3O5S/c1-36-23-13-16(9-12-22(23)32)14-24-27(33)30-26(18-6-4-7-19(15-18)31(34)35)21-11-10-17-5-2-3-8-20(17)25(21)29-28(30)37-24/h2-9,12-15,26,32H,10-11H2,1H3/b24-14+/t26-/m1/s1. The lowest BCUT2D eigenvalue weighted by Crippen LogP contribution is -2.38. The number of fused-ring (bicyclic) bond motifs is 3. The summed E-state index contributed by atoms with van der Waals surface area (Å²) in [5, 5.41) is 21.5. The number of aromatic nitrogens is 1. The zero-order chi connectivity index (χ0) is 25.7. The predicted octanol–water partition coefficient (Wildman–Crippen LogP) is 3.94. The van der Waals surface area contributed by atoms with Crippen LogP contribution in [0.4, 0.5) is 5.69 Å². The van der Waals surface area contributed by atoms with Crippen molar-refractivity contribution in [3.05, 3.63) is 124 Å². The molecule has 0 saturated carbocycles. The number of thiazole rings is 1. The average Bonchev–Trinajstić information content (AvgIpc) is 3.22. The molecule has 0 radical (unpaired) electrons. The number of methoxy groups -OCH3 is 1. The van der Waals surface area contributed by atoms with E-state index in [-0.39, 0.29) is 17.0 Å². The number of phenolic OH excluding ortho intramolecular Hbond substituents is 1. The monoisotopic (exact) mass is 511 g/mol. The number of nitrogens with zero attached hydrogens (tertiary/aromatic N) is 3. The number of non-ortho nitro benzene ring substituents is 1. The van der Waals surface area contributed by atoms with Crippen molar-refractivity contribution in [1.82, 2.24) is 4.57 Å². The molecule has 1 aliphatic heterocycles. The molecule has 6 rings (SSSR count). The number of rotatable bonds is 4. The Hall–Kier alpha value is -4.50. The van der Waals surface area contributed by atoms with Crippen molar-refractivity contribution in [2.45, 2.75) is 18.9 Å². The number of aryl methyl sites for hydroxylation is 1. The summed E-state index contributed by atoms with van der Waals surface area (Å²) in [6.45, 7) is 0. The average molecular weight is 512 g/mol. The van der Waals surface area contributed by atoms with Gasteiger partial charge in [-0.05, 0) is 53.3 Å². The van der Waals surface area contributed by atoms with Gasteiger partial charge >= 0.3 is 0 Å². The maximum atomic E-state index is 13.8. The number of phenols is 1. The van der Waals surface area contributed by atoms with Crippen molar-refractivity contribution in [3.63, 3.8) is 0 Å². The van der Waals surface area contributed by atoms with Crippen LogP contribution in [0.5, 0.6) is 11.5 Å². The van der Waals surface area contributed by atoms with Gasteiger partial charge in [-0.15, -0.1) is 0 Å². The smallest absolute Gasteiger partial charge is 0.271 e. The van der Waals surface area contributed by atoms with Gasteiger partial charge in [0.2, 0.25) is 0 Å². The van der Waals surface area contributed by atoms with Crippen LogP contribution in [0.2, 0.25) is 0 Å². The predicted molar refractivity (Wildman–Crippen MR) is 141 cm³/mol. The molecule has 1 aromatic heterocycles. The van der Waals surface area contributed by atoms with Crippen molar-refractivity contribution in [2.75, 3.05) is 7.11 Å². The number of allylic oxidation sites excluding steroid dienone is 1. The molecule has 4 aromatic rings. The van der Waals surface area contributed by atoms with Crippen LogP contribution in [-0.4, -0.2) is 21.7 Å². The van der Waals surface area contributed by atoms with Gasteiger partial charge in [0.15, 0.2) is 16.3 Å². The molecule has 2 aliphatic rings. The van der Waals surface area contributed by atoms with Crippen LogP contribution in [0.3, 0.4) is 0 Å². The van der Waals surface area contributed by atoms with Crippen LogP contribution in [0.1, 0.15) is 34.7 Å². The van der Waals surface area contributed by atoms with Crippen LogP contribution in [-0.2, 0) is 6.42 Å². The fourth-order valence-electron chi connectivity index (χ4n) is 5.07. The summed E-state index contributed by atoms with van der Waals surface area (Å²) in [6.07, 6.45) is 3.24. The highest BCUT2D eigenvalue weighted by Crippen LogP contribution is 2.41. The van der Waals surface area contributed by atoms with E-state index in [0.717, 1.165) is 23.3 Å². The second-order valence-corrected chi connectivity index (χ2v) is 9.91. The minimum Gasteiger partial charge on any atom is -0.504 e. The largest absolute Gasteiger partial charge is 0.504 e. The van der Waals surface area contributed by atoms with Gasteiger partial charge in [-0.2, -0.15) is 0 Å². The lowest BCUT2D eigenvalue weighted by Gasteiger charge is -2.30. The SMILES string of the molecule is COc1cc(/C=c2/sc3n(c2=O)[C@H](c2cccc([N+](=O)[O-])c2)C2=C(N=3)c3ccccc3CC2)ccc1O. The molecule has 0 fully saturated rings. The summed E-state index contributed by atoms with van der Waals surface area (Å²) in [4.78, 5) is 30.4. The van der Waals surface area contributed by atoms with E-state index in [2.05, 4.69) is 6.07 Å². The molecule has 9 heteroatoms. The quantitative estimate of drug-likeness (QED) is 0.330. The van der Waals surface area contributed by atoms with E-state index >= 15 is 0 Å². The molecular formula is C28H21N3O5S. The molecule has 1 aliphatic carbocycles. The molecule has 1 atom stereocenters. The topological polar surface area (TPSA) is 107 Å². The molecular weight excluding hydrogens is 490 g/mol. The number of aromatic hydroxyl groups is 1. The zero-order valence-electron chi connectivity index (χ0n) is 19.7. The summed E-state index contributed by atoms with van der Waals surface area (Å²) in [5.74, 6) is 0.321. The van der Waals surface area contributed by atoms with E-state index in [9.17, 15) is 20.0 Å². The summed E-state index contributed by atoms with van der Waals surface area (Å²) in [6, 6.07) is 19.0. The summed E-state index contributed by atoms with van der Waals surface area (Å²) < 4.78 is 7.33. The lowest BCUT2D eigenvalue weighted by atomic mass is 9.83. The van der Waals surface area contributed by atoms with E-state index in [0.29, 0.717) is 32.6 Å². The molecule has 184 valence electrons. The van der Waals surface area contributed by atoms with Gasteiger partial charge in [-0.25, -0.2) is 4.99 Å². The maximum absolute atomic E-state index is 13.8. The fraction of sp³-hybridized carbons (Fsp3) is 0.143. The van der Waals surface area contributed by atoms with E-state index < -0.39 is 11.0 Å². The van der Waals surface area contributed by atoms with Crippen LogP contribution in [0, 0.1) is 10.1 Å². The summed E-state index contributed by atoms with van der Waals surface area (Å²) in [5.41, 5.74) is 5.15. The fourth-order valence-corrected chi connectivity index (χ4v) is 6.07. The Morgan fingerprint density at radius 3 is 2.78 bits per heavy atom. The highest BCUT2D eigenvalue weighted by Gasteiger charge is 2.33. The van der Waals surface area contributed by atoms with Gasteiger partial charge in [0.1, 0.15) is 0 Å². The van der Waals surface area contributed by atoms with Gasteiger partial charge in [0.25, 0.3) is 11.2 Å². The van der Waals surface area contributed by atoms with Gasteiger partial charge in [0.05, 0.1) is 28.3 Å². The molecule has 0 amide bonds. The maximum Gasteiger partial charge on any atom is 0.271 e. The molecule has 0 bridgehead atoms. The third-order valence-electron chi connectivity index (χ3n) is 6.77. The first-order valence-corrected chi connectivity index (χ1v) is 12.5. The first-order valence-electron chi connectivity index (χ1n) is 11.7.